The Morgan fingerprint density at radius 3 is 2.48 bits per heavy atom. The summed E-state index contributed by atoms with van der Waals surface area (Å²) in [7, 11) is 1.72. The number of urea groups is 1. The van der Waals surface area contributed by atoms with Crippen LogP contribution in [0.15, 0.2) is 6.20 Å². The Kier molecular flexibility index (Phi) is 5.23. The predicted molar refractivity (Wildman–Crippen MR) is 85.9 cm³/mol. The lowest BCUT2D eigenvalue weighted by molar-refractivity contribution is 0.0932. The van der Waals surface area contributed by atoms with Crippen molar-refractivity contribution in [2.75, 3.05) is 19.6 Å². The van der Waals surface area contributed by atoms with Gasteiger partial charge in [0.1, 0.15) is 0 Å². The van der Waals surface area contributed by atoms with Gasteiger partial charge < -0.3 is 15.5 Å². The largest absolute Gasteiger partial charge is 0.350 e. The van der Waals surface area contributed by atoms with Gasteiger partial charge in [-0.15, -0.1) is 5.10 Å². The molecular formula is C15H26N6O2. The van der Waals surface area contributed by atoms with E-state index in [1.54, 1.807) is 13.2 Å². The lowest BCUT2D eigenvalue weighted by atomic mass is 9.97. The Balaban J connectivity index is 1.72. The van der Waals surface area contributed by atoms with E-state index in [0.29, 0.717) is 31.2 Å². The van der Waals surface area contributed by atoms with E-state index in [1.165, 1.54) is 4.68 Å². The molecule has 0 atom stereocenters. The molecule has 0 bridgehead atoms. The highest BCUT2D eigenvalue weighted by atomic mass is 16.2. The SMILES string of the molecule is Cn1cc(C(=O)NCC2CCN(C(=O)NC(C)(C)C)CC2)nn1. The molecule has 0 radical (unpaired) electrons. The number of aryl methyl sites for hydroxylation is 1. The molecule has 1 aliphatic heterocycles. The summed E-state index contributed by atoms with van der Waals surface area (Å²) in [6.45, 7) is 7.95. The number of likely N-dealkylation sites (tertiary alicyclic amines) is 1. The molecule has 1 fully saturated rings. The zero-order chi connectivity index (χ0) is 17.0. The molecule has 0 aliphatic carbocycles. The minimum atomic E-state index is -0.224. The Morgan fingerprint density at radius 1 is 1.30 bits per heavy atom. The summed E-state index contributed by atoms with van der Waals surface area (Å²) in [6.07, 6.45) is 3.37. The van der Waals surface area contributed by atoms with E-state index in [9.17, 15) is 9.59 Å². The van der Waals surface area contributed by atoms with Crippen molar-refractivity contribution < 1.29 is 9.59 Å². The molecule has 1 aromatic heterocycles. The van der Waals surface area contributed by atoms with Gasteiger partial charge in [0, 0.05) is 32.2 Å². The van der Waals surface area contributed by atoms with Crippen LogP contribution in [0.3, 0.4) is 0 Å². The Bertz CT molecular complexity index is 555. The molecule has 8 heteroatoms. The van der Waals surface area contributed by atoms with Gasteiger partial charge in [-0.25, -0.2) is 4.79 Å². The van der Waals surface area contributed by atoms with Crippen LogP contribution in [0.25, 0.3) is 0 Å². The molecule has 2 heterocycles. The molecule has 8 nitrogen and oxygen atoms in total. The average molecular weight is 322 g/mol. The first kappa shape index (κ1) is 17.2. The van der Waals surface area contributed by atoms with Gasteiger partial charge >= 0.3 is 6.03 Å². The fourth-order valence-electron chi connectivity index (χ4n) is 2.52. The number of rotatable bonds is 3. The van der Waals surface area contributed by atoms with Gasteiger partial charge in [-0.1, -0.05) is 5.21 Å². The molecule has 0 saturated carbocycles. The first-order chi connectivity index (χ1) is 10.7. The highest BCUT2D eigenvalue weighted by molar-refractivity contribution is 5.91. The summed E-state index contributed by atoms with van der Waals surface area (Å²) >= 11 is 0. The molecule has 2 N–H and O–H groups in total. The maximum absolute atomic E-state index is 12.1. The lowest BCUT2D eigenvalue weighted by Gasteiger charge is -2.34. The van der Waals surface area contributed by atoms with Gasteiger partial charge in [-0.05, 0) is 39.5 Å². The van der Waals surface area contributed by atoms with Crippen molar-refractivity contribution in [1.82, 2.24) is 30.5 Å². The number of aromatic nitrogens is 3. The maximum atomic E-state index is 12.1. The van der Waals surface area contributed by atoms with Crippen molar-refractivity contribution in [3.63, 3.8) is 0 Å². The number of piperidine rings is 1. The van der Waals surface area contributed by atoms with Crippen molar-refractivity contribution in [3.05, 3.63) is 11.9 Å². The van der Waals surface area contributed by atoms with Gasteiger partial charge in [-0.2, -0.15) is 0 Å². The van der Waals surface area contributed by atoms with Crippen molar-refractivity contribution in [3.8, 4) is 0 Å². The fraction of sp³-hybridized carbons (Fsp3) is 0.733. The monoisotopic (exact) mass is 322 g/mol. The van der Waals surface area contributed by atoms with Crippen molar-refractivity contribution in [1.29, 1.82) is 0 Å². The molecule has 2 rings (SSSR count). The van der Waals surface area contributed by atoms with Crippen LogP contribution in [0.1, 0.15) is 44.1 Å². The third-order valence-corrected chi connectivity index (χ3v) is 3.77. The fourth-order valence-corrected chi connectivity index (χ4v) is 2.52. The number of hydrogen-bond acceptors (Lipinski definition) is 4. The Morgan fingerprint density at radius 2 is 1.96 bits per heavy atom. The molecule has 0 aromatic carbocycles. The minimum absolute atomic E-state index is 0.0143. The average Bonchev–Trinajstić information content (AvgIpc) is 2.90. The zero-order valence-electron chi connectivity index (χ0n) is 14.3. The highest BCUT2D eigenvalue weighted by Crippen LogP contribution is 2.17. The number of carbonyl (C=O) groups excluding carboxylic acids is 2. The number of nitrogens with zero attached hydrogens (tertiary/aromatic N) is 4. The number of carbonyl (C=O) groups is 2. The van der Waals surface area contributed by atoms with Crippen LogP contribution >= 0.6 is 0 Å². The molecule has 3 amide bonds. The molecule has 1 saturated heterocycles. The Hall–Kier alpha value is -2.12. The predicted octanol–water partition coefficient (Wildman–Crippen LogP) is 0.765. The smallest absolute Gasteiger partial charge is 0.317 e. The zero-order valence-corrected chi connectivity index (χ0v) is 14.3. The van der Waals surface area contributed by atoms with E-state index in [0.717, 1.165) is 12.8 Å². The quantitative estimate of drug-likeness (QED) is 0.859. The van der Waals surface area contributed by atoms with E-state index in [4.69, 9.17) is 0 Å². The molecule has 128 valence electrons. The van der Waals surface area contributed by atoms with Gasteiger partial charge in [-0.3, -0.25) is 9.48 Å². The molecule has 0 unspecified atom stereocenters. The van der Waals surface area contributed by atoms with Crippen LogP contribution in [0, 0.1) is 5.92 Å². The minimum Gasteiger partial charge on any atom is -0.350 e. The van der Waals surface area contributed by atoms with E-state index in [1.807, 2.05) is 25.7 Å². The van der Waals surface area contributed by atoms with Crippen LogP contribution in [0.2, 0.25) is 0 Å². The second kappa shape index (κ2) is 6.97. The van der Waals surface area contributed by atoms with Crippen molar-refractivity contribution in [2.45, 2.75) is 39.2 Å². The van der Waals surface area contributed by atoms with E-state index < -0.39 is 0 Å². The summed E-state index contributed by atoms with van der Waals surface area (Å²) in [5, 5.41) is 13.4. The third-order valence-electron chi connectivity index (χ3n) is 3.77. The maximum Gasteiger partial charge on any atom is 0.317 e. The summed E-state index contributed by atoms with van der Waals surface area (Å²) in [5.74, 6) is 0.181. The van der Waals surface area contributed by atoms with Crippen LogP contribution in [-0.2, 0) is 7.05 Å². The van der Waals surface area contributed by atoms with Crippen molar-refractivity contribution in [2.24, 2.45) is 13.0 Å². The number of amides is 3. The van der Waals surface area contributed by atoms with Crippen LogP contribution < -0.4 is 10.6 Å². The summed E-state index contributed by atoms with van der Waals surface area (Å²) in [5.41, 5.74) is 0.105. The molecule has 23 heavy (non-hydrogen) atoms. The van der Waals surface area contributed by atoms with E-state index >= 15 is 0 Å². The summed E-state index contributed by atoms with van der Waals surface area (Å²) in [4.78, 5) is 25.9. The highest BCUT2D eigenvalue weighted by Gasteiger charge is 2.25. The van der Waals surface area contributed by atoms with Gasteiger partial charge in [0.05, 0.1) is 6.20 Å². The van der Waals surface area contributed by atoms with Gasteiger partial charge in [0.25, 0.3) is 5.91 Å². The second-order valence-electron chi connectivity index (χ2n) is 7.10. The molecule has 1 aliphatic rings. The van der Waals surface area contributed by atoms with Crippen LogP contribution in [0.5, 0.6) is 0 Å². The summed E-state index contributed by atoms with van der Waals surface area (Å²) in [6, 6.07) is -0.0143. The number of hydrogen-bond donors (Lipinski definition) is 2. The lowest BCUT2D eigenvalue weighted by Crippen LogP contribution is -2.51. The topological polar surface area (TPSA) is 92.2 Å². The first-order valence-corrected chi connectivity index (χ1v) is 7.96. The Labute approximate surface area is 136 Å². The van der Waals surface area contributed by atoms with E-state index in [2.05, 4.69) is 20.9 Å². The molecule has 0 spiro atoms. The van der Waals surface area contributed by atoms with Crippen LogP contribution in [0.4, 0.5) is 4.79 Å². The van der Waals surface area contributed by atoms with E-state index in [-0.39, 0.29) is 17.5 Å². The number of nitrogens with one attached hydrogen (secondary N) is 2. The van der Waals surface area contributed by atoms with Gasteiger partial charge in [0.2, 0.25) is 0 Å². The van der Waals surface area contributed by atoms with Crippen LogP contribution in [-0.4, -0.2) is 57.0 Å². The molecule has 1 aromatic rings. The summed E-state index contributed by atoms with van der Waals surface area (Å²) < 4.78 is 1.50. The van der Waals surface area contributed by atoms with Crippen molar-refractivity contribution >= 4 is 11.9 Å². The third kappa shape index (κ3) is 5.22. The molecular weight excluding hydrogens is 296 g/mol. The van der Waals surface area contributed by atoms with Gasteiger partial charge in [0.15, 0.2) is 5.69 Å². The second-order valence-corrected chi connectivity index (χ2v) is 7.10. The normalized spacial score (nSPS) is 16.3. The first-order valence-electron chi connectivity index (χ1n) is 7.96. The standard InChI is InChI=1S/C15H26N6O2/c1-15(2,3)17-14(23)21-7-5-11(6-8-21)9-16-13(22)12-10-20(4)19-18-12/h10-11H,5-9H2,1-4H3,(H,16,22)(H,17,23).